The molecule has 1 saturated heterocycles. The maximum Gasteiger partial charge on any atom is 0.126 e. The molecule has 1 aromatic rings. The Hall–Kier alpha value is -0.890. The van der Waals surface area contributed by atoms with E-state index in [9.17, 15) is 4.39 Å². The Morgan fingerprint density at radius 3 is 2.73 bits per heavy atom. The molecule has 1 atom stereocenters. The summed E-state index contributed by atoms with van der Waals surface area (Å²) in [5.74, 6) is 0.247. The van der Waals surface area contributed by atoms with Gasteiger partial charge in [0.25, 0.3) is 0 Å². The summed E-state index contributed by atoms with van der Waals surface area (Å²) in [6.07, 6.45) is 1.06. The number of hydrogen-bond acceptors (Lipinski definition) is 1. The van der Waals surface area contributed by atoms with Crippen LogP contribution in [0.1, 0.15) is 31.7 Å². The van der Waals surface area contributed by atoms with Crippen molar-refractivity contribution in [2.75, 3.05) is 13.1 Å². The zero-order valence-electron chi connectivity index (χ0n) is 9.39. The predicted molar refractivity (Wildman–Crippen MR) is 60.4 cm³/mol. The summed E-state index contributed by atoms with van der Waals surface area (Å²) in [6, 6.07) is 7.13. The molecule has 0 spiro atoms. The third kappa shape index (κ3) is 2.37. The number of hydrogen-bond donors (Lipinski definition) is 1. The van der Waals surface area contributed by atoms with Gasteiger partial charge < -0.3 is 5.32 Å². The van der Waals surface area contributed by atoms with E-state index in [2.05, 4.69) is 19.2 Å². The van der Waals surface area contributed by atoms with Crippen molar-refractivity contribution in [3.8, 4) is 0 Å². The minimum absolute atomic E-state index is 0.0676. The molecule has 0 radical (unpaired) electrons. The molecule has 1 unspecified atom stereocenters. The van der Waals surface area contributed by atoms with Crippen LogP contribution in [0.5, 0.6) is 0 Å². The lowest BCUT2D eigenvalue weighted by Gasteiger charge is -2.36. The second-order valence-corrected chi connectivity index (χ2v) is 5.22. The maximum atomic E-state index is 13.6. The molecule has 0 bridgehead atoms. The van der Waals surface area contributed by atoms with Crippen molar-refractivity contribution in [3.63, 3.8) is 0 Å². The van der Waals surface area contributed by atoms with Crippen molar-refractivity contribution in [2.45, 2.75) is 26.2 Å². The molecule has 0 aliphatic carbocycles. The van der Waals surface area contributed by atoms with Crippen LogP contribution in [0.3, 0.4) is 0 Å². The van der Waals surface area contributed by atoms with E-state index < -0.39 is 0 Å². The molecule has 1 aromatic carbocycles. The number of benzene rings is 1. The molecule has 0 aromatic heterocycles. The predicted octanol–water partition coefficient (Wildman–Crippen LogP) is 2.93. The first-order valence-electron chi connectivity index (χ1n) is 5.54. The highest BCUT2D eigenvalue weighted by Crippen LogP contribution is 2.34. The molecule has 1 heterocycles. The Kier molecular flexibility index (Phi) is 2.79. The van der Waals surface area contributed by atoms with Crippen molar-refractivity contribution in [1.82, 2.24) is 5.32 Å². The van der Waals surface area contributed by atoms with Gasteiger partial charge in [0.05, 0.1) is 0 Å². The number of piperidine rings is 1. The second kappa shape index (κ2) is 3.93. The molecule has 1 N–H and O–H groups in total. The molecule has 1 nitrogen and oxygen atoms in total. The van der Waals surface area contributed by atoms with Gasteiger partial charge in [-0.05, 0) is 29.4 Å². The zero-order valence-corrected chi connectivity index (χ0v) is 9.39. The fourth-order valence-electron chi connectivity index (χ4n) is 2.42. The van der Waals surface area contributed by atoms with Crippen molar-refractivity contribution < 1.29 is 4.39 Å². The topological polar surface area (TPSA) is 12.0 Å². The van der Waals surface area contributed by atoms with Crippen LogP contribution < -0.4 is 5.32 Å². The molecule has 15 heavy (non-hydrogen) atoms. The van der Waals surface area contributed by atoms with Crippen LogP contribution in [-0.2, 0) is 0 Å². The van der Waals surface area contributed by atoms with Gasteiger partial charge >= 0.3 is 0 Å². The van der Waals surface area contributed by atoms with Gasteiger partial charge in [-0.15, -0.1) is 0 Å². The average Bonchev–Trinajstić information content (AvgIpc) is 2.17. The van der Waals surface area contributed by atoms with Gasteiger partial charge in [-0.1, -0.05) is 32.0 Å². The van der Waals surface area contributed by atoms with Crippen LogP contribution in [0.15, 0.2) is 24.3 Å². The van der Waals surface area contributed by atoms with Crippen LogP contribution in [0, 0.1) is 11.2 Å². The SMILES string of the molecule is CC1(C)CNCC(c2ccccc2F)C1. The molecule has 1 aliphatic heterocycles. The van der Waals surface area contributed by atoms with E-state index in [-0.39, 0.29) is 11.2 Å². The summed E-state index contributed by atoms with van der Waals surface area (Å²) in [6.45, 7) is 6.38. The van der Waals surface area contributed by atoms with Crippen molar-refractivity contribution in [2.24, 2.45) is 5.41 Å². The van der Waals surface area contributed by atoms with Gasteiger partial charge in [0, 0.05) is 13.1 Å². The minimum atomic E-state index is -0.0676. The molecular formula is C13H18FN. The van der Waals surface area contributed by atoms with Gasteiger partial charge in [-0.25, -0.2) is 4.39 Å². The van der Waals surface area contributed by atoms with Crippen molar-refractivity contribution in [1.29, 1.82) is 0 Å². The molecule has 1 fully saturated rings. The molecule has 1 aliphatic rings. The summed E-state index contributed by atoms with van der Waals surface area (Å²) >= 11 is 0. The monoisotopic (exact) mass is 207 g/mol. The van der Waals surface area contributed by atoms with E-state index in [1.165, 1.54) is 0 Å². The van der Waals surface area contributed by atoms with E-state index in [0.29, 0.717) is 5.92 Å². The maximum absolute atomic E-state index is 13.6. The lowest BCUT2D eigenvalue weighted by molar-refractivity contribution is 0.237. The second-order valence-electron chi connectivity index (χ2n) is 5.22. The molecule has 82 valence electrons. The highest BCUT2D eigenvalue weighted by Gasteiger charge is 2.29. The van der Waals surface area contributed by atoms with E-state index in [1.807, 2.05) is 12.1 Å². The van der Waals surface area contributed by atoms with E-state index >= 15 is 0 Å². The van der Waals surface area contributed by atoms with Crippen LogP contribution in [0.4, 0.5) is 4.39 Å². The van der Waals surface area contributed by atoms with Crippen LogP contribution in [0.2, 0.25) is 0 Å². The molecule has 2 rings (SSSR count). The number of halogens is 1. The van der Waals surface area contributed by atoms with Gasteiger partial charge in [0.15, 0.2) is 0 Å². The first kappa shape index (κ1) is 10.6. The Morgan fingerprint density at radius 1 is 1.33 bits per heavy atom. The number of rotatable bonds is 1. The third-order valence-corrected chi connectivity index (χ3v) is 3.14. The average molecular weight is 207 g/mol. The zero-order chi connectivity index (χ0) is 10.9. The third-order valence-electron chi connectivity index (χ3n) is 3.14. The molecule has 2 heteroatoms. The summed E-state index contributed by atoms with van der Waals surface area (Å²) in [5.41, 5.74) is 1.13. The van der Waals surface area contributed by atoms with Crippen LogP contribution in [-0.4, -0.2) is 13.1 Å². The van der Waals surface area contributed by atoms with Crippen molar-refractivity contribution in [3.05, 3.63) is 35.6 Å². The van der Waals surface area contributed by atoms with Gasteiger partial charge in [-0.2, -0.15) is 0 Å². The highest BCUT2D eigenvalue weighted by molar-refractivity contribution is 5.23. The minimum Gasteiger partial charge on any atom is -0.316 e. The van der Waals surface area contributed by atoms with E-state index in [0.717, 1.165) is 25.1 Å². The fourth-order valence-corrected chi connectivity index (χ4v) is 2.42. The lowest BCUT2D eigenvalue weighted by atomic mass is 9.77. The summed E-state index contributed by atoms with van der Waals surface area (Å²) in [7, 11) is 0. The quantitative estimate of drug-likeness (QED) is 0.746. The van der Waals surface area contributed by atoms with Gasteiger partial charge in [-0.3, -0.25) is 0 Å². The van der Waals surface area contributed by atoms with E-state index in [1.54, 1.807) is 12.1 Å². The summed E-state index contributed by atoms with van der Waals surface area (Å²) in [4.78, 5) is 0. The Bertz CT molecular complexity index is 346. The highest BCUT2D eigenvalue weighted by atomic mass is 19.1. The van der Waals surface area contributed by atoms with Crippen LogP contribution >= 0.6 is 0 Å². The Balaban J connectivity index is 2.21. The first-order valence-corrected chi connectivity index (χ1v) is 5.54. The molecule has 0 saturated carbocycles. The smallest absolute Gasteiger partial charge is 0.126 e. The molecule has 0 amide bonds. The molecular weight excluding hydrogens is 189 g/mol. The first-order chi connectivity index (χ1) is 7.08. The van der Waals surface area contributed by atoms with Gasteiger partial charge in [0.2, 0.25) is 0 Å². The summed E-state index contributed by atoms with van der Waals surface area (Å²) < 4.78 is 13.6. The largest absolute Gasteiger partial charge is 0.316 e. The summed E-state index contributed by atoms with van der Waals surface area (Å²) in [5, 5.41) is 3.38. The normalized spacial score (nSPS) is 25.1. The van der Waals surface area contributed by atoms with Crippen LogP contribution in [0.25, 0.3) is 0 Å². The Labute approximate surface area is 90.7 Å². The fraction of sp³-hybridized carbons (Fsp3) is 0.538. The van der Waals surface area contributed by atoms with E-state index in [4.69, 9.17) is 0 Å². The standard InChI is InChI=1S/C13H18FN/c1-13(2)7-10(8-15-9-13)11-5-3-4-6-12(11)14/h3-6,10,15H,7-9H2,1-2H3. The lowest BCUT2D eigenvalue weighted by Crippen LogP contribution is -2.40. The van der Waals surface area contributed by atoms with Gasteiger partial charge in [0.1, 0.15) is 5.82 Å². The number of nitrogens with one attached hydrogen (secondary N) is 1. The van der Waals surface area contributed by atoms with Crippen molar-refractivity contribution >= 4 is 0 Å². The Morgan fingerprint density at radius 2 is 2.07 bits per heavy atom.